The van der Waals surface area contributed by atoms with Crippen LogP contribution >= 0.6 is 0 Å². The fourth-order valence-electron chi connectivity index (χ4n) is 5.31. The molecule has 1 heterocycles. The molecule has 3 N–H and O–H groups in total. The van der Waals surface area contributed by atoms with Gasteiger partial charge in [0.25, 0.3) is 0 Å². The molecule has 0 bridgehead atoms. The lowest BCUT2D eigenvalue weighted by molar-refractivity contribution is -0.904. The minimum absolute atomic E-state index is 0.130. The van der Waals surface area contributed by atoms with E-state index in [1.54, 1.807) is 0 Å². The average Bonchev–Trinajstić information content (AvgIpc) is 3.32. The molecule has 0 amide bonds. The minimum Gasteiger partial charge on any atom is -0.436 e. The molecule has 0 saturated heterocycles. The van der Waals surface area contributed by atoms with E-state index in [1.807, 2.05) is 36.5 Å². The molecule has 1 saturated carbocycles. The van der Waals surface area contributed by atoms with Crippen LogP contribution < -0.4 is 5.32 Å². The first kappa shape index (κ1) is 24.6. The third-order valence-electron chi connectivity index (χ3n) is 7.34. The van der Waals surface area contributed by atoms with Gasteiger partial charge in [-0.3, -0.25) is 0 Å². The molecular weight excluding hydrogens is 422 g/mol. The van der Waals surface area contributed by atoms with Gasteiger partial charge in [-0.2, -0.15) is 0 Å². The number of aliphatic hydroxyl groups is 1. The van der Waals surface area contributed by atoms with Gasteiger partial charge in [0.05, 0.1) is 33.9 Å². The summed E-state index contributed by atoms with van der Waals surface area (Å²) in [6.07, 6.45) is 8.37. The van der Waals surface area contributed by atoms with E-state index in [0.717, 1.165) is 67.5 Å². The van der Waals surface area contributed by atoms with Crippen molar-refractivity contribution in [3.8, 4) is 0 Å². The van der Waals surface area contributed by atoms with Gasteiger partial charge >= 0.3 is 0 Å². The van der Waals surface area contributed by atoms with Crippen LogP contribution in [0.25, 0.3) is 0 Å². The Balaban J connectivity index is 1.47. The molecule has 5 nitrogen and oxygen atoms in total. The highest BCUT2D eigenvalue weighted by atomic mass is 16.4. The first-order chi connectivity index (χ1) is 16.4. The lowest BCUT2D eigenvalue weighted by atomic mass is 9.73. The number of likely N-dealkylation sites (N-methyl/N-ethyl adjacent to an activating group) is 1. The van der Waals surface area contributed by atoms with Gasteiger partial charge in [0.15, 0.2) is 11.4 Å². The molecule has 3 aromatic rings. The molecule has 5 heteroatoms. The smallest absolute Gasteiger partial charge is 0.231 e. The summed E-state index contributed by atoms with van der Waals surface area (Å²) < 4.78 is 7.10. The quantitative estimate of drug-likeness (QED) is 0.447. The third kappa shape index (κ3) is 5.77. The SMILES string of the molecule is C[NH2+]Cc1ccc(CC[N+](C)(C)Cc2cnc([C@](O)(c3ccccc3)C3CCCCC3)o2)cc1. The predicted octanol–water partition coefficient (Wildman–Crippen LogP) is 4.00. The maximum atomic E-state index is 12.0. The van der Waals surface area contributed by atoms with Crippen molar-refractivity contribution < 1.29 is 19.3 Å². The van der Waals surface area contributed by atoms with Gasteiger partial charge in [-0.25, -0.2) is 4.98 Å². The summed E-state index contributed by atoms with van der Waals surface area (Å²) >= 11 is 0. The minimum atomic E-state index is -1.17. The van der Waals surface area contributed by atoms with E-state index < -0.39 is 5.60 Å². The largest absolute Gasteiger partial charge is 0.436 e. The fourth-order valence-corrected chi connectivity index (χ4v) is 5.31. The summed E-state index contributed by atoms with van der Waals surface area (Å²) in [5, 5.41) is 14.2. The molecule has 2 aromatic carbocycles. The van der Waals surface area contributed by atoms with E-state index in [-0.39, 0.29) is 5.92 Å². The van der Waals surface area contributed by atoms with Crippen LogP contribution in [0.15, 0.2) is 65.2 Å². The summed E-state index contributed by atoms with van der Waals surface area (Å²) in [5.41, 5.74) is 2.43. The molecule has 0 aliphatic heterocycles. The summed E-state index contributed by atoms with van der Waals surface area (Å²) in [6, 6.07) is 18.9. The molecule has 34 heavy (non-hydrogen) atoms. The Hall–Kier alpha value is -2.47. The Labute approximate surface area is 204 Å². The number of benzene rings is 2. The predicted molar refractivity (Wildman–Crippen MR) is 135 cm³/mol. The number of rotatable bonds is 10. The highest BCUT2D eigenvalue weighted by Crippen LogP contribution is 2.43. The Morgan fingerprint density at radius 3 is 2.35 bits per heavy atom. The molecule has 1 aliphatic carbocycles. The average molecular weight is 464 g/mol. The highest BCUT2D eigenvalue weighted by molar-refractivity contribution is 5.30. The Kier molecular flexibility index (Phi) is 7.87. The first-order valence-electron chi connectivity index (χ1n) is 12.8. The first-order valence-corrected chi connectivity index (χ1v) is 12.8. The molecule has 0 spiro atoms. The van der Waals surface area contributed by atoms with Crippen molar-refractivity contribution in [3.63, 3.8) is 0 Å². The van der Waals surface area contributed by atoms with E-state index in [1.165, 1.54) is 17.5 Å². The molecule has 1 aliphatic rings. The van der Waals surface area contributed by atoms with Crippen LogP contribution in [0.2, 0.25) is 0 Å². The number of oxazole rings is 1. The zero-order valence-electron chi connectivity index (χ0n) is 21.0. The zero-order chi connectivity index (χ0) is 24.0. The number of hydrogen-bond acceptors (Lipinski definition) is 3. The molecule has 0 unspecified atom stereocenters. The number of nitrogens with zero attached hydrogens (tertiary/aromatic N) is 2. The molecule has 1 atom stereocenters. The second-order valence-electron chi connectivity index (χ2n) is 10.6. The van der Waals surface area contributed by atoms with Crippen molar-refractivity contribution in [2.75, 3.05) is 27.7 Å². The molecule has 0 radical (unpaired) electrons. The molecule has 1 aromatic heterocycles. The van der Waals surface area contributed by atoms with Crippen LogP contribution in [0.3, 0.4) is 0 Å². The van der Waals surface area contributed by atoms with Crippen molar-refractivity contribution >= 4 is 0 Å². The number of nitrogens with two attached hydrogens (primary N) is 1. The third-order valence-corrected chi connectivity index (χ3v) is 7.34. The summed E-state index contributed by atoms with van der Waals surface area (Å²) in [6.45, 7) is 2.76. The lowest BCUT2D eigenvalue weighted by Gasteiger charge is -2.36. The maximum absolute atomic E-state index is 12.0. The second-order valence-corrected chi connectivity index (χ2v) is 10.6. The van der Waals surface area contributed by atoms with Crippen LogP contribution in [0.4, 0.5) is 0 Å². The Bertz CT molecular complexity index is 1020. The van der Waals surface area contributed by atoms with E-state index in [0.29, 0.717) is 5.89 Å². The topological polar surface area (TPSA) is 62.9 Å². The second kappa shape index (κ2) is 10.9. The molecular formula is C29H41N3O2+2. The van der Waals surface area contributed by atoms with Crippen LogP contribution in [-0.2, 0) is 25.1 Å². The number of aromatic nitrogens is 1. The van der Waals surface area contributed by atoms with E-state index in [4.69, 9.17) is 4.42 Å². The fraction of sp³-hybridized carbons (Fsp3) is 0.483. The Morgan fingerprint density at radius 2 is 1.68 bits per heavy atom. The molecule has 1 fully saturated rings. The molecule has 182 valence electrons. The van der Waals surface area contributed by atoms with Crippen LogP contribution in [-0.4, -0.2) is 42.3 Å². The summed E-state index contributed by atoms with van der Waals surface area (Å²) in [4.78, 5) is 4.64. The maximum Gasteiger partial charge on any atom is 0.231 e. The van der Waals surface area contributed by atoms with Crippen molar-refractivity contribution in [1.82, 2.24) is 4.98 Å². The van der Waals surface area contributed by atoms with Gasteiger partial charge in [-0.05, 0) is 24.0 Å². The van der Waals surface area contributed by atoms with Crippen molar-refractivity contribution in [2.24, 2.45) is 5.92 Å². The van der Waals surface area contributed by atoms with E-state index >= 15 is 0 Å². The van der Waals surface area contributed by atoms with Gasteiger partial charge in [-0.1, -0.05) is 73.9 Å². The summed E-state index contributed by atoms with van der Waals surface area (Å²) in [5.74, 6) is 1.41. The Morgan fingerprint density at radius 1 is 1.00 bits per heavy atom. The van der Waals surface area contributed by atoms with Crippen LogP contribution in [0, 0.1) is 5.92 Å². The number of quaternary nitrogens is 2. The van der Waals surface area contributed by atoms with Crippen LogP contribution in [0.1, 0.15) is 60.4 Å². The zero-order valence-corrected chi connectivity index (χ0v) is 21.0. The highest BCUT2D eigenvalue weighted by Gasteiger charge is 2.44. The normalized spacial score (nSPS) is 16.9. The van der Waals surface area contributed by atoms with Gasteiger partial charge in [0.2, 0.25) is 5.89 Å². The van der Waals surface area contributed by atoms with Crippen molar-refractivity contribution in [2.45, 2.75) is 57.2 Å². The van der Waals surface area contributed by atoms with Crippen molar-refractivity contribution in [3.05, 3.63) is 89.1 Å². The van der Waals surface area contributed by atoms with Gasteiger partial charge in [0, 0.05) is 17.9 Å². The van der Waals surface area contributed by atoms with E-state index in [9.17, 15) is 5.11 Å². The summed E-state index contributed by atoms with van der Waals surface area (Å²) in [7, 11) is 6.55. The van der Waals surface area contributed by atoms with Crippen LogP contribution in [0.5, 0.6) is 0 Å². The van der Waals surface area contributed by atoms with Crippen molar-refractivity contribution in [1.29, 1.82) is 0 Å². The van der Waals surface area contributed by atoms with Gasteiger partial charge < -0.3 is 19.3 Å². The van der Waals surface area contributed by atoms with Gasteiger partial charge in [0.1, 0.15) is 13.1 Å². The van der Waals surface area contributed by atoms with E-state index in [2.05, 4.69) is 55.7 Å². The number of hydrogen-bond donors (Lipinski definition) is 2. The lowest BCUT2D eigenvalue weighted by Crippen LogP contribution is -2.77. The standard InChI is InChI=1S/C29H40N3O2/c1-30-20-24-16-14-23(15-17-24)18-19-32(2,3)22-27-21-31-28(34-27)29(33,25-10-6-4-7-11-25)26-12-8-5-9-13-26/h4,6-7,10-11,14-17,21,26,30,33H,5,8-9,12-13,18-20,22H2,1-3H3/q+1/p+1/t29-/m0/s1. The van der Waals surface area contributed by atoms with Gasteiger partial charge in [-0.15, -0.1) is 0 Å². The monoisotopic (exact) mass is 463 g/mol. The molecule has 4 rings (SSSR count).